The average molecular weight is 851 g/mol. The molecule has 0 amide bonds. The third-order valence-corrected chi connectivity index (χ3v) is 11.1. The van der Waals surface area contributed by atoms with E-state index in [0.717, 1.165) is 18.4 Å². The maximum Gasteiger partial charge on any atom is 0.311 e. The van der Waals surface area contributed by atoms with E-state index in [9.17, 15) is 20.1 Å². The zero-order chi connectivity index (χ0) is 42.1. The van der Waals surface area contributed by atoms with Gasteiger partial charge in [-0.05, 0) is 90.7 Å². The van der Waals surface area contributed by atoms with Crippen molar-refractivity contribution in [3.63, 3.8) is 0 Å². The van der Waals surface area contributed by atoms with Crippen molar-refractivity contribution in [2.75, 3.05) is 0 Å². The van der Waals surface area contributed by atoms with Crippen LogP contribution in [0.25, 0.3) is 0 Å². The Balaban J connectivity index is 0.000000253. The van der Waals surface area contributed by atoms with E-state index in [1.54, 1.807) is 43.3 Å². The van der Waals surface area contributed by atoms with E-state index >= 15 is 0 Å². The Kier molecular flexibility index (Phi) is 15.5. The lowest BCUT2D eigenvalue weighted by Crippen LogP contribution is -2.21. The molecule has 2 fully saturated rings. The van der Waals surface area contributed by atoms with Crippen LogP contribution in [0.1, 0.15) is 59.1 Å². The largest absolute Gasteiger partial charge is 0.458 e. The number of hydrogen-bond acceptors (Lipinski definition) is 8. The number of carbonyl (C=O) groups is 2. The molecule has 3 aliphatic carbocycles. The topological polar surface area (TPSA) is 119 Å². The number of carbonyl (C=O) groups excluding carboxylic acids is 2. The number of nitrogens with zero attached hydrogens (tertiary/aromatic N) is 2. The Hall–Kier alpha value is -4.70. The average Bonchev–Trinajstić information content (AvgIpc) is 3.96. The SMILES string of the molecule is C=C/C(=C\C(=C)OC1=CCCC=C1)[C@H](C#N)OC(=O)[C@H]1[C@@H](C(C)=C(Cl)Cl)C1(C)C.CC1(C)[C@H](C(=O)O[C@H](C#N)c2cccc(Oc3ccccc3)c2)[C@@H]1C=C(Cl)Cl. The van der Waals surface area contributed by atoms with E-state index in [2.05, 4.69) is 13.2 Å². The molecule has 57 heavy (non-hydrogen) atoms. The second kappa shape index (κ2) is 19.6. The van der Waals surface area contributed by atoms with Gasteiger partial charge in [0.05, 0.1) is 11.8 Å². The van der Waals surface area contributed by atoms with E-state index in [4.69, 9.17) is 65.4 Å². The van der Waals surface area contributed by atoms with Gasteiger partial charge in [-0.15, -0.1) is 0 Å². The molecule has 5 rings (SSSR count). The Labute approximate surface area is 354 Å². The Bertz CT molecular complexity index is 2100. The molecule has 12 heteroatoms. The fraction of sp³-hybridized carbons (Fsp3) is 0.333. The highest BCUT2D eigenvalue weighted by Gasteiger charge is 2.64. The van der Waals surface area contributed by atoms with Gasteiger partial charge >= 0.3 is 11.9 Å². The van der Waals surface area contributed by atoms with Crippen LogP contribution in [0.5, 0.6) is 11.5 Å². The summed E-state index contributed by atoms with van der Waals surface area (Å²) in [6.45, 7) is 17.1. The molecule has 2 aromatic rings. The summed E-state index contributed by atoms with van der Waals surface area (Å²) in [6, 6.07) is 20.3. The highest BCUT2D eigenvalue weighted by atomic mass is 35.5. The molecule has 0 N–H and O–H groups in total. The van der Waals surface area contributed by atoms with E-state index in [-0.39, 0.29) is 37.6 Å². The van der Waals surface area contributed by atoms with E-state index < -0.39 is 30.1 Å². The maximum atomic E-state index is 12.7. The summed E-state index contributed by atoms with van der Waals surface area (Å²) < 4.78 is 22.7. The van der Waals surface area contributed by atoms with Crippen molar-refractivity contribution in [2.24, 2.45) is 34.5 Å². The van der Waals surface area contributed by atoms with Crippen LogP contribution >= 0.6 is 46.4 Å². The number of ether oxygens (including phenoxy) is 4. The highest BCUT2D eigenvalue weighted by Crippen LogP contribution is 2.63. The van der Waals surface area contributed by atoms with E-state index in [0.29, 0.717) is 34.2 Å². The van der Waals surface area contributed by atoms with Crippen LogP contribution in [0.2, 0.25) is 0 Å². The summed E-state index contributed by atoms with van der Waals surface area (Å²) >= 11 is 23.2. The Morgan fingerprint density at radius 1 is 0.877 bits per heavy atom. The molecular formula is C45H44Cl4N2O6. The van der Waals surface area contributed by atoms with Crippen LogP contribution < -0.4 is 4.74 Å². The van der Waals surface area contributed by atoms with Crippen molar-refractivity contribution in [3.05, 3.63) is 141 Å². The normalized spacial score (nSPS) is 21.8. The van der Waals surface area contributed by atoms with Gasteiger partial charge in [-0.2, -0.15) is 10.5 Å². The minimum atomic E-state index is -1.12. The van der Waals surface area contributed by atoms with Crippen LogP contribution in [0, 0.1) is 57.2 Å². The number of halogens is 4. The molecule has 8 nitrogen and oxygen atoms in total. The quantitative estimate of drug-likeness (QED) is 0.105. The predicted molar refractivity (Wildman–Crippen MR) is 224 cm³/mol. The fourth-order valence-electron chi connectivity index (χ4n) is 6.93. The van der Waals surface area contributed by atoms with Gasteiger partial charge in [0.1, 0.15) is 44.1 Å². The molecule has 2 saturated carbocycles. The number of benzene rings is 2. The number of para-hydroxylation sites is 1. The van der Waals surface area contributed by atoms with Crippen LogP contribution in [-0.2, 0) is 23.8 Å². The number of esters is 2. The lowest BCUT2D eigenvalue weighted by atomic mass is 10.1. The standard InChI is InChI=1S/C23H25Cl2NO3.C22H19Cl2NO3/c1-6-16(12-14(2)28-17-10-8-7-9-11-17)18(13-26)29-22(27)20-19(23(20,4)5)15(3)21(24)25;1-22(2)17(12-19(23)24)20(22)21(26)28-18(13-25)14-7-6-10-16(11-14)27-15-8-4-3-5-9-15/h6,8,10-12,18-20H,1-2,7,9H2,3-5H3;3-12,17-18,20H,1-2H3/b16-12+;/t18-,19+,20+;17-,18+,20-/m00/s1. The third-order valence-electron chi connectivity index (χ3n) is 10.2. The minimum absolute atomic E-state index is 0.114. The van der Waals surface area contributed by atoms with Crippen molar-refractivity contribution in [2.45, 2.75) is 59.7 Å². The number of allylic oxidation sites excluding steroid dienone is 6. The molecule has 0 spiro atoms. The first-order valence-electron chi connectivity index (χ1n) is 18.1. The van der Waals surface area contributed by atoms with Gasteiger partial charge in [0.2, 0.25) is 12.2 Å². The maximum absolute atomic E-state index is 12.7. The van der Waals surface area contributed by atoms with Gasteiger partial charge in [0.25, 0.3) is 0 Å². The first kappa shape index (κ1) is 45.0. The lowest BCUT2D eigenvalue weighted by Gasteiger charge is -2.14. The fourth-order valence-corrected chi connectivity index (χ4v) is 7.44. The smallest absolute Gasteiger partial charge is 0.311 e. The van der Waals surface area contributed by atoms with Crippen LogP contribution in [0.15, 0.2) is 136 Å². The van der Waals surface area contributed by atoms with Crippen LogP contribution in [0.3, 0.4) is 0 Å². The first-order valence-corrected chi connectivity index (χ1v) is 19.6. The van der Waals surface area contributed by atoms with Gasteiger partial charge in [0.15, 0.2) is 0 Å². The third kappa shape index (κ3) is 11.7. The molecule has 0 bridgehead atoms. The predicted octanol–water partition coefficient (Wildman–Crippen LogP) is 12.5. The molecule has 0 radical (unpaired) electrons. The van der Waals surface area contributed by atoms with E-state index in [1.807, 2.05) is 88.4 Å². The second-order valence-electron chi connectivity index (χ2n) is 14.9. The van der Waals surface area contributed by atoms with E-state index in [1.165, 1.54) is 6.08 Å². The van der Waals surface area contributed by atoms with Gasteiger partial charge in [-0.1, -0.05) is 130 Å². The summed E-state index contributed by atoms with van der Waals surface area (Å²) in [5, 5.41) is 19.1. The summed E-state index contributed by atoms with van der Waals surface area (Å²) in [5.41, 5.74) is 1.02. The molecule has 298 valence electrons. The van der Waals surface area contributed by atoms with Gasteiger partial charge < -0.3 is 18.9 Å². The monoisotopic (exact) mass is 848 g/mol. The molecule has 0 heterocycles. The molecule has 2 aromatic carbocycles. The summed E-state index contributed by atoms with van der Waals surface area (Å²) in [7, 11) is 0. The minimum Gasteiger partial charge on any atom is -0.458 e. The van der Waals surface area contributed by atoms with Crippen molar-refractivity contribution >= 4 is 58.3 Å². The van der Waals surface area contributed by atoms with Crippen LogP contribution in [0.4, 0.5) is 0 Å². The molecule has 6 atom stereocenters. The molecule has 3 aliphatic rings. The molecule has 0 saturated heterocycles. The summed E-state index contributed by atoms with van der Waals surface area (Å²) in [5.74, 6) is 0.281. The Morgan fingerprint density at radius 3 is 2.12 bits per heavy atom. The first-order chi connectivity index (χ1) is 27.0. The molecule has 0 aromatic heterocycles. The second-order valence-corrected chi connectivity index (χ2v) is 16.8. The van der Waals surface area contributed by atoms with Crippen molar-refractivity contribution < 1.29 is 28.5 Å². The van der Waals surface area contributed by atoms with Gasteiger partial charge in [-0.25, -0.2) is 0 Å². The van der Waals surface area contributed by atoms with Gasteiger partial charge in [0, 0.05) is 17.1 Å². The molecular weight excluding hydrogens is 806 g/mol. The van der Waals surface area contributed by atoms with Crippen molar-refractivity contribution in [1.82, 2.24) is 0 Å². The van der Waals surface area contributed by atoms with Crippen molar-refractivity contribution in [3.8, 4) is 23.6 Å². The number of nitriles is 2. The summed E-state index contributed by atoms with van der Waals surface area (Å²) in [6.07, 6.45) is 10.2. The molecule has 0 unspecified atom stereocenters. The van der Waals surface area contributed by atoms with Gasteiger partial charge in [-0.3, -0.25) is 9.59 Å². The highest BCUT2D eigenvalue weighted by molar-refractivity contribution is 6.56. The summed E-state index contributed by atoms with van der Waals surface area (Å²) in [4.78, 5) is 25.3. The lowest BCUT2D eigenvalue weighted by molar-refractivity contribution is -0.150. The number of rotatable bonds is 14. The molecule has 0 aliphatic heterocycles. The van der Waals surface area contributed by atoms with Crippen molar-refractivity contribution in [1.29, 1.82) is 10.5 Å². The zero-order valence-corrected chi connectivity index (χ0v) is 35.3. The van der Waals surface area contributed by atoms with Crippen LogP contribution in [-0.4, -0.2) is 18.0 Å². The Morgan fingerprint density at radius 2 is 1.54 bits per heavy atom. The zero-order valence-electron chi connectivity index (χ0n) is 32.3. The number of hydrogen-bond donors (Lipinski definition) is 0.